The molecule has 0 spiro atoms. The lowest BCUT2D eigenvalue weighted by atomic mass is 10.2. The second-order valence-corrected chi connectivity index (χ2v) is 6.18. The number of nitrogens with one attached hydrogen (secondary N) is 1. The number of carbonyl (C=O) groups is 1. The normalized spacial score (nSPS) is 12.0. The molecule has 0 saturated carbocycles. The number of alkyl halides is 6. The number of halogens is 8. The van der Waals surface area contributed by atoms with Gasteiger partial charge in [0.25, 0.3) is 5.91 Å². The Hall–Kier alpha value is -2.49. The largest absolute Gasteiger partial charge is 0.422 e. The Kier molecular flexibility index (Phi) is 6.36. The number of methoxy groups -OCH3 is 1. The molecule has 2 rings (SSSR count). The molecule has 0 aliphatic heterocycles. The zero-order valence-electron chi connectivity index (χ0n) is 14.0. The Bertz CT molecular complexity index is 971. The van der Waals surface area contributed by atoms with Crippen LogP contribution < -0.4 is 5.32 Å². The van der Waals surface area contributed by atoms with Crippen molar-refractivity contribution in [3.05, 3.63) is 39.0 Å². The fraction of sp³-hybridized carbons (Fsp3) is 0.267. The fourth-order valence-electron chi connectivity index (χ4n) is 2.27. The van der Waals surface area contributed by atoms with Gasteiger partial charge >= 0.3 is 12.4 Å². The van der Waals surface area contributed by atoms with Crippen LogP contribution in [0.25, 0.3) is 5.69 Å². The molecule has 6 nitrogen and oxygen atoms in total. The van der Waals surface area contributed by atoms with E-state index >= 15 is 0 Å². The molecule has 0 bridgehead atoms. The lowest BCUT2D eigenvalue weighted by Gasteiger charge is -2.16. The van der Waals surface area contributed by atoms with Crippen molar-refractivity contribution >= 4 is 34.9 Å². The summed E-state index contributed by atoms with van der Waals surface area (Å²) in [5.74, 6) is -2.11. The van der Waals surface area contributed by atoms with Gasteiger partial charge in [-0.25, -0.2) is 4.68 Å². The maximum absolute atomic E-state index is 13.5. The summed E-state index contributed by atoms with van der Waals surface area (Å²) >= 11 is 11.6. The van der Waals surface area contributed by atoms with E-state index in [0.29, 0.717) is 16.8 Å². The Morgan fingerprint density at radius 1 is 1.21 bits per heavy atom. The van der Waals surface area contributed by atoms with Crippen molar-refractivity contribution in [1.29, 1.82) is 5.26 Å². The van der Waals surface area contributed by atoms with E-state index in [0.717, 1.165) is 7.11 Å². The second kappa shape index (κ2) is 8.10. The minimum atomic E-state index is -5.15. The first-order chi connectivity index (χ1) is 13.3. The van der Waals surface area contributed by atoms with Crippen molar-refractivity contribution in [2.75, 3.05) is 19.0 Å². The minimum absolute atomic E-state index is 0.347. The molecule has 0 aliphatic rings. The van der Waals surface area contributed by atoms with E-state index in [9.17, 15) is 31.1 Å². The molecule has 156 valence electrons. The maximum atomic E-state index is 13.5. The van der Waals surface area contributed by atoms with E-state index in [1.54, 1.807) is 0 Å². The van der Waals surface area contributed by atoms with Crippen molar-refractivity contribution in [2.24, 2.45) is 0 Å². The van der Waals surface area contributed by atoms with Crippen molar-refractivity contribution in [1.82, 2.24) is 9.78 Å². The number of benzene rings is 1. The summed E-state index contributed by atoms with van der Waals surface area (Å²) in [4.78, 5) is 11.8. The Morgan fingerprint density at radius 3 is 2.17 bits per heavy atom. The van der Waals surface area contributed by atoms with Gasteiger partial charge in [0, 0.05) is 7.11 Å². The SMILES string of the molecule is COCC(=O)Nc1c(C(F)(F)F)c(C#N)nn1-c1c(Cl)cc(C(F)(F)F)cc1Cl. The Labute approximate surface area is 168 Å². The number of carbonyl (C=O) groups excluding carboxylic acids is 1. The number of nitriles is 1. The lowest BCUT2D eigenvalue weighted by Crippen LogP contribution is -2.22. The van der Waals surface area contributed by atoms with Gasteiger partial charge in [-0.3, -0.25) is 4.79 Å². The van der Waals surface area contributed by atoms with Crippen LogP contribution in [-0.2, 0) is 21.9 Å². The van der Waals surface area contributed by atoms with Crippen molar-refractivity contribution < 1.29 is 35.9 Å². The zero-order valence-corrected chi connectivity index (χ0v) is 15.6. The highest BCUT2D eigenvalue weighted by atomic mass is 35.5. The molecule has 1 aromatic carbocycles. The lowest BCUT2D eigenvalue weighted by molar-refractivity contribution is -0.138. The number of nitrogens with zero attached hydrogens (tertiary/aromatic N) is 3. The van der Waals surface area contributed by atoms with Crippen LogP contribution in [0.2, 0.25) is 10.0 Å². The van der Waals surface area contributed by atoms with E-state index < -0.39 is 63.2 Å². The summed E-state index contributed by atoms with van der Waals surface area (Å²) in [6.45, 7) is -0.654. The highest BCUT2D eigenvalue weighted by Crippen LogP contribution is 2.42. The smallest absolute Gasteiger partial charge is 0.375 e. The summed E-state index contributed by atoms with van der Waals surface area (Å²) in [5.41, 5.74) is -4.64. The second-order valence-electron chi connectivity index (χ2n) is 5.36. The molecule has 0 unspecified atom stereocenters. The third kappa shape index (κ3) is 4.75. The molecular weight excluding hydrogens is 453 g/mol. The van der Waals surface area contributed by atoms with Crippen LogP contribution in [0.15, 0.2) is 12.1 Å². The molecule has 0 fully saturated rings. The van der Waals surface area contributed by atoms with Gasteiger partial charge in [0.15, 0.2) is 5.69 Å². The van der Waals surface area contributed by atoms with Gasteiger partial charge < -0.3 is 10.1 Å². The van der Waals surface area contributed by atoms with E-state index in [4.69, 9.17) is 28.5 Å². The van der Waals surface area contributed by atoms with Gasteiger partial charge in [-0.05, 0) is 12.1 Å². The molecule has 1 amide bonds. The van der Waals surface area contributed by atoms with Gasteiger partial charge in [-0.2, -0.15) is 36.7 Å². The van der Waals surface area contributed by atoms with E-state index in [1.165, 1.54) is 6.07 Å². The van der Waals surface area contributed by atoms with Gasteiger partial charge in [-0.1, -0.05) is 23.2 Å². The monoisotopic (exact) mass is 460 g/mol. The van der Waals surface area contributed by atoms with Crippen LogP contribution in [0.4, 0.5) is 32.2 Å². The summed E-state index contributed by atoms with van der Waals surface area (Å²) < 4.78 is 84.0. The summed E-state index contributed by atoms with van der Waals surface area (Å²) in [6, 6.07) is 2.05. The number of rotatable bonds is 4. The highest BCUT2D eigenvalue weighted by Gasteiger charge is 2.42. The van der Waals surface area contributed by atoms with E-state index in [1.807, 2.05) is 5.32 Å². The fourth-order valence-corrected chi connectivity index (χ4v) is 2.92. The highest BCUT2D eigenvalue weighted by molar-refractivity contribution is 6.38. The Morgan fingerprint density at radius 2 is 1.76 bits per heavy atom. The van der Waals surface area contributed by atoms with Crippen molar-refractivity contribution in [3.8, 4) is 11.8 Å². The van der Waals surface area contributed by atoms with Gasteiger partial charge in [0.1, 0.15) is 29.7 Å². The summed E-state index contributed by atoms with van der Waals surface area (Å²) in [5, 5.41) is 12.9. The van der Waals surface area contributed by atoms with E-state index in [2.05, 4.69) is 9.84 Å². The molecule has 14 heteroatoms. The van der Waals surface area contributed by atoms with Crippen LogP contribution in [0, 0.1) is 11.3 Å². The first-order valence-electron chi connectivity index (χ1n) is 7.27. The zero-order chi connectivity index (χ0) is 22.1. The van der Waals surface area contributed by atoms with Crippen LogP contribution >= 0.6 is 23.2 Å². The first-order valence-corrected chi connectivity index (χ1v) is 8.02. The van der Waals surface area contributed by atoms with E-state index in [-0.39, 0.29) is 0 Å². The number of ether oxygens (including phenoxy) is 1. The number of anilines is 1. The van der Waals surface area contributed by atoms with Crippen molar-refractivity contribution in [3.63, 3.8) is 0 Å². The summed E-state index contributed by atoms with van der Waals surface area (Å²) in [6.07, 6.45) is -9.98. The molecule has 0 aliphatic carbocycles. The van der Waals surface area contributed by atoms with Crippen LogP contribution in [0.5, 0.6) is 0 Å². The van der Waals surface area contributed by atoms with Gasteiger partial charge in [0.2, 0.25) is 0 Å². The maximum Gasteiger partial charge on any atom is 0.422 e. The molecule has 1 N–H and O–H groups in total. The number of hydrogen-bond acceptors (Lipinski definition) is 4. The summed E-state index contributed by atoms with van der Waals surface area (Å²) in [7, 11) is 1.10. The molecular formula is C15H8Cl2F6N4O2. The van der Waals surface area contributed by atoms with Crippen LogP contribution in [-0.4, -0.2) is 29.4 Å². The predicted octanol–water partition coefficient (Wildman–Crippen LogP) is 4.67. The molecule has 0 atom stereocenters. The quantitative estimate of drug-likeness (QED) is 0.672. The Balaban J connectivity index is 2.81. The topological polar surface area (TPSA) is 79.9 Å². The molecule has 1 heterocycles. The number of hydrogen-bond donors (Lipinski definition) is 1. The number of aromatic nitrogens is 2. The molecule has 1 aromatic heterocycles. The van der Waals surface area contributed by atoms with Crippen molar-refractivity contribution in [2.45, 2.75) is 12.4 Å². The third-order valence-corrected chi connectivity index (χ3v) is 3.94. The van der Waals surface area contributed by atoms with Gasteiger partial charge in [-0.15, -0.1) is 0 Å². The third-order valence-electron chi connectivity index (χ3n) is 3.36. The van der Waals surface area contributed by atoms with Crippen LogP contribution in [0.3, 0.4) is 0 Å². The molecule has 2 aromatic rings. The van der Waals surface area contributed by atoms with Crippen LogP contribution in [0.1, 0.15) is 16.8 Å². The molecule has 0 saturated heterocycles. The predicted molar refractivity (Wildman–Crippen MR) is 88.8 cm³/mol. The van der Waals surface area contributed by atoms with Gasteiger partial charge in [0.05, 0.1) is 15.6 Å². The average molecular weight is 461 g/mol. The number of amides is 1. The minimum Gasteiger partial charge on any atom is -0.375 e. The molecule has 0 radical (unpaired) electrons. The average Bonchev–Trinajstić information content (AvgIpc) is 2.92. The molecule has 29 heavy (non-hydrogen) atoms. The standard InChI is InChI=1S/C15H8Cl2F6N4O2/c1-29-5-10(28)25-13-11(15(21,22)23)9(4-24)26-27(13)12-7(16)2-6(3-8(12)17)14(18,19)20/h2-3H,5H2,1H3,(H,25,28). The first kappa shape index (κ1) is 22.8.